The first-order valence-corrected chi connectivity index (χ1v) is 13.4. The summed E-state index contributed by atoms with van der Waals surface area (Å²) in [6.45, 7) is 8.03. The van der Waals surface area contributed by atoms with E-state index < -0.39 is 35.1 Å². The average molecular weight is 508 g/mol. The highest BCUT2D eigenvalue weighted by molar-refractivity contribution is 6.04. The molecule has 0 aliphatic carbocycles. The van der Waals surface area contributed by atoms with E-state index >= 15 is 0 Å². The number of nitrogens with zero attached hydrogens (tertiary/aromatic N) is 1. The zero-order valence-corrected chi connectivity index (χ0v) is 22.0. The first-order chi connectivity index (χ1) is 17.7. The Kier molecular flexibility index (Phi) is 6.52. The number of aliphatic hydroxyl groups excluding tert-OH is 1. The van der Waals surface area contributed by atoms with Gasteiger partial charge in [0.1, 0.15) is 11.6 Å². The van der Waals surface area contributed by atoms with Crippen LogP contribution in [-0.4, -0.2) is 64.2 Å². The van der Waals surface area contributed by atoms with Crippen LogP contribution in [0, 0.1) is 17.8 Å². The van der Waals surface area contributed by atoms with E-state index in [4.69, 9.17) is 4.74 Å². The minimum atomic E-state index is -1.14. The van der Waals surface area contributed by atoms with Gasteiger partial charge in [0.15, 0.2) is 0 Å². The lowest BCUT2D eigenvalue weighted by atomic mass is 9.62. The summed E-state index contributed by atoms with van der Waals surface area (Å²) in [7, 11) is 0. The van der Waals surface area contributed by atoms with Gasteiger partial charge in [0, 0.05) is 12.2 Å². The maximum atomic E-state index is 14.1. The van der Waals surface area contributed by atoms with E-state index in [0.717, 1.165) is 17.2 Å². The molecule has 3 saturated heterocycles. The third-order valence-electron chi connectivity index (χ3n) is 8.92. The number of hydrogen-bond acceptors (Lipinski definition) is 5. The minimum Gasteiger partial charge on any atom is -0.394 e. The Hall–Kier alpha value is -2.97. The Morgan fingerprint density at radius 3 is 2.57 bits per heavy atom. The molecule has 2 aromatic carbocycles. The molecule has 3 heterocycles. The fraction of sp³-hybridized carbons (Fsp3) is 0.552. The van der Waals surface area contributed by atoms with E-state index in [-0.39, 0.29) is 30.2 Å². The number of benzene rings is 2. The van der Waals surface area contributed by atoms with Crippen LogP contribution in [0.5, 0.6) is 0 Å². The van der Waals surface area contributed by atoms with E-state index in [9.17, 15) is 19.5 Å². The average Bonchev–Trinajstić information content (AvgIpc) is 3.40. The lowest BCUT2D eigenvalue weighted by Crippen LogP contribution is -2.56. The van der Waals surface area contributed by atoms with Crippen LogP contribution in [0.3, 0.4) is 0 Å². The van der Waals surface area contributed by atoms with Gasteiger partial charge >= 0.3 is 0 Å². The van der Waals surface area contributed by atoms with Crippen LogP contribution in [-0.2, 0) is 19.1 Å². The fourth-order valence-corrected chi connectivity index (χ4v) is 7.02. The third kappa shape index (κ3) is 3.76. The zero-order chi connectivity index (χ0) is 26.5. The van der Waals surface area contributed by atoms with Crippen LogP contribution in [0.4, 0.5) is 5.69 Å². The second-order valence-corrected chi connectivity index (χ2v) is 11.0. The van der Waals surface area contributed by atoms with Gasteiger partial charge in [0.2, 0.25) is 17.7 Å². The molecule has 3 aliphatic rings. The van der Waals surface area contributed by atoms with Crippen LogP contribution >= 0.6 is 0 Å². The number of anilines is 1. The SMILES string of the molecule is CCCNC(=O)[C@H]1[C@H]2C(=O)N([C@@H](CC)CO)C(C(=O)Nc3ccc4ccccc4c3)C23CC(C)[C@]1(C)O3. The molecule has 2 aromatic rings. The molecule has 7 atom stereocenters. The maximum absolute atomic E-state index is 14.1. The van der Waals surface area contributed by atoms with Crippen molar-refractivity contribution in [3.05, 3.63) is 42.5 Å². The zero-order valence-electron chi connectivity index (χ0n) is 22.0. The normalized spacial score (nSPS) is 33.0. The van der Waals surface area contributed by atoms with Crippen molar-refractivity contribution in [3.63, 3.8) is 0 Å². The molecule has 8 nitrogen and oxygen atoms in total. The molecule has 2 bridgehead atoms. The third-order valence-corrected chi connectivity index (χ3v) is 8.92. The monoisotopic (exact) mass is 507 g/mol. The van der Waals surface area contributed by atoms with Crippen LogP contribution in [0.25, 0.3) is 10.8 Å². The van der Waals surface area contributed by atoms with Gasteiger partial charge in [-0.15, -0.1) is 0 Å². The standard InChI is InChI=1S/C29H37N3O5/c1-5-13-30-25(34)22-23-27(36)32(21(6-2)16-33)24(29(23)15-17(3)28(22,4)37-29)26(35)31-20-12-11-18-9-7-8-10-19(18)14-20/h7-12,14,17,21-24,33H,5-6,13,15-16H2,1-4H3,(H,30,34)(H,31,35)/t17?,21-,22+,23-,24?,28-,29?/m0/s1. The Morgan fingerprint density at radius 2 is 1.89 bits per heavy atom. The Bertz CT molecular complexity index is 1230. The number of hydrogen-bond donors (Lipinski definition) is 3. The predicted octanol–water partition coefficient (Wildman–Crippen LogP) is 3.09. The Labute approximate surface area is 217 Å². The smallest absolute Gasteiger partial charge is 0.250 e. The summed E-state index contributed by atoms with van der Waals surface area (Å²) in [4.78, 5) is 43.1. The van der Waals surface area contributed by atoms with Gasteiger partial charge in [0.25, 0.3) is 0 Å². The molecule has 3 amide bonds. The number of carbonyl (C=O) groups is 3. The molecular formula is C29H37N3O5. The number of nitrogens with one attached hydrogen (secondary N) is 2. The van der Waals surface area contributed by atoms with Crippen molar-refractivity contribution < 1.29 is 24.2 Å². The van der Waals surface area contributed by atoms with Gasteiger partial charge in [-0.25, -0.2) is 0 Å². The summed E-state index contributed by atoms with van der Waals surface area (Å²) >= 11 is 0. The van der Waals surface area contributed by atoms with E-state index in [1.54, 1.807) is 0 Å². The van der Waals surface area contributed by atoms with Gasteiger partial charge in [0.05, 0.1) is 30.1 Å². The molecule has 0 aromatic heterocycles. The number of aliphatic hydroxyl groups is 1. The molecule has 198 valence electrons. The number of likely N-dealkylation sites (tertiary alicyclic amines) is 1. The molecule has 8 heteroatoms. The van der Waals surface area contributed by atoms with E-state index in [0.29, 0.717) is 25.1 Å². The van der Waals surface area contributed by atoms with Gasteiger partial charge < -0.3 is 25.4 Å². The second-order valence-electron chi connectivity index (χ2n) is 11.0. The van der Waals surface area contributed by atoms with Crippen LogP contribution in [0.15, 0.2) is 42.5 Å². The van der Waals surface area contributed by atoms with Gasteiger partial charge in [-0.2, -0.15) is 0 Å². The molecule has 3 unspecified atom stereocenters. The lowest BCUT2D eigenvalue weighted by Gasteiger charge is -2.36. The summed E-state index contributed by atoms with van der Waals surface area (Å²) in [5.41, 5.74) is -1.37. The number of fused-ring (bicyclic) bond motifs is 2. The van der Waals surface area contributed by atoms with Crippen LogP contribution in [0.2, 0.25) is 0 Å². The van der Waals surface area contributed by atoms with Crippen molar-refractivity contribution in [2.45, 2.75) is 70.2 Å². The summed E-state index contributed by atoms with van der Waals surface area (Å²) in [6.07, 6.45) is 1.75. The maximum Gasteiger partial charge on any atom is 0.250 e. The molecular weight excluding hydrogens is 470 g/mol. The van der Waals surface area contributed by atoms with Crippen molar-refractivity contribution in [1.29, 1.82) is 0 Å². The van der Waals surface area contributed by atoms with Crippen LogP contribution < -0.4 is 10.6 Å². The molecule has 3 fully saturated rings. The Morgan fingerprint density at radius 1 is 1.16 bits per heavy atom. The summed E-state index contributed by atoms with van der Waals surface area (Å²) < 4.78 is 6.71. The largest absolute Gasteiger partial charge is 0.394 e. The quantitative estimate of drug-likeness (QED) is 0.509. The predicted molar refractivity (Wildman–Crippen MR) is 141 cm³/mol. The Balaban J connectivity index is 1.56. The number of amides is 3. The summed E-state index contributed by atoms with van der Waals surface area (Å²) in [6, 6.07) is 12.1. The summed E-state index contributed by atoms with van der Waals surface area (Å²) in [5, 5.41) is 18.2. The van der Waals surface area contributed by atoms with Crippen molar-refractivity contribution in [2.75, 3.05) is 18.5 Å². The minimum absolute atomic E-state index is 0.0287. The van der Waals surface area contributed by atoms with Crippen molar-refractivity contribution in [2.24, 2.45) is 17.8 Å². The highest BCUT2D eigenvalue weighted by Crippen LogP contribution is 2.65. The molecule has 5 rings (SSSR count). The number of ether oxygens (including phenoxy) is 1. The number of rotatable bonds is 8. The second kappa shape index (κ2) is 9.40. The van der Waals surface area contributed by atoms with Crippen LogP contribution in [0.1, 0.15) is 47.0 Å². The summed E-state index contributed by atoms with van der Waals surface area (Å²) in [5.74, 6) is -2.36. The van der Waals surface area contributed by atoms with Crippen molar-refractivity contribution in [1.82, 2.24) is 10.2 Å². The van der Waals surface area contributed by atoms with Gasteiger partial charge in [-0.3, -0.25) is 14.4 Å². The highest BCUT2D eigenvalue weighted by atomic mass is 16.5. The van der Waals surface area contributed by atoms with E-state index in [1.165, 1.54) is 4.90 Å². The van der Waals surface area contributed by atoms with E-state index in [1.807, 2.05) is 70.2 Å². The molecule has 3 N–H and O–H groups in total. The first-order valence-electron chi connectivity index (χ1n) is 13.4. The molecule has 1 spiro atoms. The highest BCUT2D eigenvalue weighted by Gasteiger charge is 2.80. The van der Waals surface area contributed by atoms with Crippen molar-refractivity contribution >= 4 is 34.2 Å². The molecule has 0 saturated carbocycles. The van der Waals surface area contributed by atoms with E-state index in [2.05, 4.69) is 10.6 Å². The lowest BCUT2D eigenvalue weighted by molar-refractivity contribution is -0.149. The van der Waals surface area contributed by atoms with Gasteiger partial charge in [-0.05, 0) is 55.0 Å². The molecule has 3 aliphatic heterocycles. The van der Waals surface area contributed by atoms with Crippen molar-refractivity contribution in [3.8, 4) is 0 Å². The first kappa shape index (κ1) is 25.7. The molecule has 37 heavy (non-hydrogen) atoms. The number of carbonyl (C=O) groups excluding carboxylic acids is 3. The molecule has 0 radical (unpaired) electrons. The fourth-order valence-electron chi connectivity index (χ4n) is 7.02. The van der Waals surface area contributed by atoms with Gasteiger partial charge in [-0.1, -0.05) is 51.1 Å². The topological polar surface area (TPSA) is 108 Å².